The van der Waals surface area contributed by atoms with Crippen LogP contribution in [0.3, 0.4) is 0 Å². The summed E-state index contributed by atoms with van der Waals surface area (Å²) in [4.78, 5) is 25.2. The Morgan fingerprint density at radius 2 is 2.17 bits per heavy atom. The van der Waals surface area contributed by atoms with Crippen molar-refractivity contribution in [3.63, 3.8) is 0 Å². The molecule has 10 heteroatoms. The Morgan fingerprint density at radius 1 is 1.46 bits per heavy atom. The maximum absolute atomic E-state index is 12.6. The molecule has 24 heavy (non-hydrogen) atoms. The minimum atomic E-state index is -4.59. The van der Waals surface area contributed by atoms with E-state index >= 15 is 0 Å². The normalized spacial score (nSPS) is 19.2. The molecule has 0 unspecified atom stereocenters. The van der Waals surface area contributed by atoms with Crippen molar-refractivity contribution in [2.75, 3.05) is 26.2 Å². The fourth-order valence-electron chi connectivity index (χ4n) is 2.73. The second-order valence-corrected chi connectivity index (χ2v) is 5.83. The molecule has 0 saturated carbocycles. The number of likely N-dealkylation sites (tertiary alicyclic amines) is 1. The molecule has 7 nitrogen and oxygen atoms in total. The van der Waals surface area contributed by atoms with Crippen molar-refractivity contribution in [1.82, 2.24) is 20.0 Å². The minimum absolute atomic E-state index is 0.156. The molecule has 0 spiro atoms. The average Bonchev–Trinajstić information content (AvgIpc) is 2.89. The van der Waals surface area contributed by atoms with Crippen molar-refractivity contribution < 1.29 is 22.8 Å². The highest BCUT2D eigenvalue weighted by Gasteiger charge is 2.35. The van der Waals surface area contributed by atoms with Gasteiger partial charge in [-0.2, -0.15) is 18.3 Å². The number of aromatic nitrogens is 2. The third-order valence-corrected chi connectivity index (χ3v) is 4.02. The van der Waals surface area contributed by atoms with Gasteiger partial charge in [-0.25, -0.2) is 0 Å². The van der Waals surface area contributed by atoms with Crippen LogP contribution in [-0.2, 0) is 18.0 Å². The van der Waals surface area contributed by atoms with E-state index in [1.807, 2.05) is 4.90 Å². The number of nitrogens with one attached hydrogen (secondary N) is 1. The van der Waals surface area contributed by atoms with Gasteiger partial charge in [-0.1, -0.05) is 0 Å². The lowest BCUT2D eigenvalue weighted by atomic mass is 9.97. The zero-order valence-electron chi connectivity index (χ0n) is 13.3. The van der Waals surface area contributed by atoms with Crippen LogP contribution < -0.4 is 11.1 Å². The lowest BCUT2D eigenvalue weighted by Crippen LogP contribution is -2.44. The highest BCUT2D eigenvalue weighted by molar-refractivity contribution is 5.92. The Hall–Kier alpha value is -2.10. The molecule has 2 heterocycles. The summed E-state index contributed by atoms with van der Waals surface area (Å²) in [5.41, 5.74) is 4.04. The lowest BCUT2D eigenvalue weighted by molar-refractivity contribution is -0.141. The van der Waals surface area contributed by atoms with Gasteiger partial charge in [-0.3, -0.25) is 14.3 Å². The van der Waals surface area contributed by atoms with Crippen molar-refractivity contribution in [2.45, 2.75) is 19.0 Å². The highest BCUT2D eigenvalue weighted by atomic mass is 19.4. The largest absolute Gasteiger partial charge is 0.435 e. The molecule has 1 aliphatic heterocycles. The SMILES string of the molecule is Cn1nc(C(F)(F)F)cc1C(=O)NCCN1CCC[C@@H](C(N)=O)C1. The molecule has 3 N–H and O–H groups in total. The lowest BCUT2D eigenvalue weighted by Gasteiger charge is -2.31. The van der Waals surface area contributed by atoms with Gasteiger partial charge in [0.15, 0.2) is 5.69 Å². The van der Waals surface area contributed by atoms with E-state index in [4.69, 9.17) is 5.73 Å². The summed E-state index contributed by atoms with van der Waals surface area (Å²) in [6, 6.07) is 0.722. The van der Waals surface area contributed by atoms with Gasteiger partial charge in [-0.05, 0) is 19.4 Å². The van der Waals surface area contributed by atoms with Gasteiger partial charge in [0.05, 0.1) is 5.92 Å². The summed E-state index contributed by atoms with van der Waals surface area (Å²) in [5, 5.41) is 5.87. The summed E-state index contributed by atoms with van der Waals surface area (Å²) < 4.78 is 38.7. The number of rotatable bonds is 5. The van der Waals surface area contributed by atoms with Crippen LogP contribution in [0.4, 0.5) is 13.2 Å². The van der Waals surface area contributed by atoms with Crippen molar-refractivity contribution >= 4 is 11.8 Å². The molecule has 0 aromatic carbocycles. The first-order valence-corrected chi connectivity index (χ1v) is 7.59. The van der Waals surface area contributed by atoms with E-state index in [1.165, 1.54) is 7.05 Å². The van der Waals surface area contributed by atoms with Crippen LogP contribution in [0.2, 0.25) is 0 Å². The molecule has 1 saturated heterocycles. The topological polar surface area (TPSA) is 93.2 Å². The van der Waals surface area contributed by atoms with Crippen LogP contribution in [0, 0.1) is 5.92 Å². The number of piperidine rings is 1. The standard InChI is InChI=1S/C14H20F3N5O2/c1-21-10(7-11(20-21)14(15,16)17)13(24)19-4-6-22-5-2-3-9(8-22)12(18)23/h7,9H,2-6,8H2,1H3,(H2,18,23)(H,19,24)/t9-/m1/s1. The number of nitrogens with two attached hydrogens (primary N) is 1. The van der Waals surface area contributed by atoms with E-state index in [9.17, 15) is 22.8 Å². The van der Waals surface area contributed by atoms with Crippen molar-refractivity contribution in [3.8, 4) is 0 Å². The monoisotopic (exact) mass is 347 g/mol. The Morgan fingerprint density at radius 3 is 2.75 bits per heavy atom. The molecule has 1 aromatic heterocycles. The van der Waals surface area contributed by atoms with Gasteiger partial charge in [0, 0.05) is 32.7 Å². The quantitative estimate of drug-likeness (QED) is 0.805. The van der Waals surface area contributed by atoms with Crippen LogP contribution in [-0.4, -0.2) is 52.7 Å². The van der Waals surface area contributed by atoms with E-state index in [0.717, 1.165) is 30.1 Å². The first-order chi connectivity index (χ1) is 11.2. The van der Waals surface area contributed by atoms with E-state index < -0.39 is 17.8 Å². The molecule has 134 valence electrons. The van der Waals surface area contributed by atoms with Crippen molar-refractivity contribution in [3.05, 3.63) is 17.5 Å². The zero-order chi connectivity index (χ0) is 17.9. The number of amides is 2. The molecule has 1 aromatic rings. The average molecular weight is 347 g/mol. The third-order valence-electron chi connectivity index (χ3n) is 4.02. The van der Waals surface area contributed by atoms with Crippen molar-refractivity contribution in [1.29, 1.82) is 0 Å². The third kappa shape index (κ3) is 4.47. The molecule has 0 aliphatic carbocycles. The summed E-state index contributed by atoms with van der Waals surface area (Å²) in [6.07, 6.45) is -2.99. The van der Waals surface area contributed by atoms with Crippen LogP contribution in [0.25, 0.3) is 0 Å². The summed E-state index contributed by atoms with van der Waals surface area (Å²) in [7, 11) is 1.28. The van der Waals surface area contributed by atoms with Crippen LogP contribution in [0.5, 0.6) is 0 Å². The molecular weight excluding hydrogens is 327 g/mol. The van der Waals surface area contributed by atoms with Gasteiger partial charge >= 0.3 is 6.18 Å². The maximum Gasteiger partial charge on any atom is 0.435 e. The molecule has 1 atom stereocenters. The number of hydrogen-bond donors (Lipinski definition) is 2. The van der Waals surface area contributed by atoms with Crippen LogP contribution in [0.1, 0.15) is 29.0 Å². The smallest absolute Gasteiger partial charge is 0.369 e. The van der Waals surface area contributed by atoms with E-state index in [1.54, 1.807) is 0 Å². The Labute approximate surface area is 137 Å². The summed E-state index contributed by atoms with van der Waals surface area (Å²) in [6.45, 7) is 2.09. The van der Waals surface area contributed by atoms with Gasteiger partial charge in [0.25, 0.3) is 5.91 Å². The zero-order valence-corrected chi connectivity index (χ0v) is 13.3. The van der Waals surface area contributed by atoms with Crippen molar-refractivity contribution in [2.24, 2.45) is 18.7 Å². The minimum Gasteiger partial charge on any atom is -0.369 e. The second-order valence-electron chi connectivity index (χ2n) is 5.83. The number of alkyl halides is 3. The molecular formula is C14H20F3N5O2. The predicted molar refractivity (Wildman–Crippen MR) is 78.9 cm³/mol. The van der Waals surface area contributed by atoms with Gasteiger partial charge < -0.3 is 16.0 Å². The van der Waals surface area contributed by atoms with E-state index in [0.29, 0.717) is 13.1 Å². The highest BCUT2D eigenvalue weighted by Crippen LogP contribution is 2.28. The summed E-state index contributed by atoms with van der Waals surface area (Å²) in [5.74, 6) is -1.15. The number of halogens is 3. The Bertz CT molecular complexity index is 614. The molecule has 2 rings (SSSR count). The fourth-order valence-corrected chi connectivity index (χ4v) is 2.73. The van der Waals surface area contributed by atoms with Crippen LogP contribution in [0.15, 0.2) is 6.07 Å². The predicted octanol–water partition coefficient (Wildman–Crippen LogP) is 0.366. The number of hydrogen-bond acceptors (Lipinski definition) is 4. The number of aryl methyl sites for hydroxylation is 1. The van der Waals surface area contributed by atoms with Crippen LogP contribution >= 0.6 is 0 Å². The van der Waals surface area contributed by atoms with Gasteiger partial charge in [0.2, 0.25) is 5.91 Å². The number of carbonyl (C=O) groups excluding carboxylic acids is 2. The van der Waals surface area contributed by atoms with Gasteiger partial charge in [0.1, 0.15) is 5.69 Å². The first kappa shape index (κ1) is 18.2. The maximum atomic E-state index is 12.6. The van der Waals surface area contributed by atoms with Gasteiger partial charge in [-0.15, -0.1) is 0 Å². The van der Waals surface area contributed by atoms with E-state index in [2.05, 4.69) is 10.4 Å². The molecule has 1 fully saturated rings. The van der Waals surface area contributed by atoms with E-state index in [-0.39, 0.29) is 24.1 Å². The molecule has 2 amide bonds. The number of nitrogens with zero attached hydrogens (tertiary/aromatic N) is 3. The second kappa shape index (κ2) is 7.20. The Balaban J connectivity index is 1.85. The molecule has 0 radical (unpaired) electrons. The Kier molecular flexibility index (Phi) is 5.47. The first-order valence-electron chi connectivity index (χ1n) is 7.59. The molecule has 1 aliphatic rings. The summed E-state index contributed by atoms with van der Waals surface area (Å²) >= 11 is 0. The number of primary amides is 1. The fraction of sp³-hybridized carbons (Fsp3) is 0.643. The molecule has 0 bridgehead atoms. The number of carbonyl (C=O) groups is 2.